The molecular weight excluding hydrogens is 524 g/mol. The van der Waals surface area contributed by atoms with Gasteiger partial charge in [0.2, 0.25) is 0 Å². The summed E-state index contributed by atoms with van der Waals surface area (Å²) in [6, 6.07) is 42.1. The van der Waals surface area contributed by atoms with Gasteiger partial charge in [0.05, 0.1) is 19.3 Å². The topological polar surface area (TPSA) is 61.8 Å². The molecule has 0 N–H and O–H groups in total. The average molecular weight is 557 g/mol. The molecular formula is C37H32O5. The third kappa shape index (κ3) is 5.19. The van der Waals surface area contributed by atoms with Crippen molar-refractivity contribution in [3.63, 3.8) is 0 Å². The fourth-order valence-electron chi connectivity index (χ4n) is 5.92. The van der Waals surface area contributed by atoms with Gasteiger partial charge in [-0.15, -0.1) is 0 Å². The van der Waals surface area contributed by atoms with E-state index in [0.717, 1.165) is 33.0 Å². The third-order valence-corrected chi connectivity index (χ3v) is 8.13. The van der Waals surface area contributed by atoms with Gasteiger partial charge in [0.15, 0.2) is 0 Å². The van der Waals surface area contributed by atoms with Crippen molar-refractivity contribution < 1.29 is 23.8 Å². The van der Waals surface area contributed by atoms with Crippen molar-refractivity contribution >= 4 is 22.7 Å². The number of fused-ring (bicyclic) bond motifs is 1. The van der Waals surface area contributed by atoms with E-state index in [2.05, 4.69) is 42.5 Å². The largest absolute Gasteiger partial charge is 0.465 e. The van der Waals surface area contributed by atoms with Crippen molar-refractivity contribution in [1.29, 1.82) is 0 Å². The van der Waals surface area contributed by atoms with Crippen molar-refractivity contribution in [3.8, 4) is 0 Å². The smallest absolute Gasteiger partial charge is 0.337 e. The van der Waals surface area contributed by atoms with Gasteiger partial charge in [0.25, 0.3) is 0 Å². The van der Waals surface area contributed by atoms with E-state index in [9.17, 15) is 9.59 Å². The highest BCUT2D eigenvalue weighted by Crippen LogP contribution is 2.42. The summed E-state index contributed by atoms with van der Waals surface area (Å²) in [7, 11) is 1.38. The summed E-state index contributed by atoms with van der Waals surface area (Å²) in [6.07, 6.45) is 1.07. The fourth-order valence-corrected chi connectivity index (χ4v) is 5.92. The van der Waals surface area contributed by atoms with Gasteiger partial charge in [0, 0.05) is 0 Å². The van der Waals surface area contributed by atoms with Crippen LogP contribution in [0, 0.1) is 5.92 Å². The van der Waals surface area contributed by atoms with E-state index < -0.39 is 5.60 Å². The average Bonchev–Trinajstić information content (AvgIpc) is 3.05. The molecule has 5 heteroatoms. The number of rotatable bonds is 10. The molecule has 1 aliphatic rings. The van der Waals surface area contributed by atoms with Crippen LogP contribution in [-0.2, 0) is 31.0 Å². The molecule has 1 heterocycles. The molecule has 1 aliphatic heterocycles. The standard InChI is InChI=1S/C37H32O5/c1-40-35(38)28-21-20-26-12-11-13-27(32(26)24-28)22-23-34-33(36(39)42-34)25-41-37(29-14-5-2-6-15-29,30-16-7-3-8-17-30)31-18-9-4-10-19-31/h2-21,24,33-34H,22-23,25H2,1H3/t33-,34-/m1/s1. The van der Waals surface area contributed by atoms with Crippen LogP contribution < -0.4 is 0 Å². The highest BCUT2D eigenvalue weighted by Gasteiger charge is 2.45. The highest BCUT2D eigenvalue weighted by atomic mass is 16.6. The maximum absolute atomic E-state index is 12.8. The minimum Gasteiger partial charge on any atom is -0.465 e. The molecule has 0 saturated carbocycles. The van der Waals surface area contributed by atoms with E-state index in [4.69, 9.17) is 14.2 Å². The van der Waals surface area contributed by atoms with Crippen LogP contribution in [0.25, 0.3) is 10.8 Å². The number of carbonyl (C=O) groups is 2. The minimum absolute atomic E-state index is 0.213. The number of carbonyl (C=O) groups excluding carboxylic acids is 2. The van der Waals surface area contributed by atoms with Crippen LogP contribution in [0.5, 0.6) is 0 Å². The zero-order chi connectivity index (χ0) is 28.9. The van der Waals surface area contributed by atoms with Gasteiger partial charge in [-0.3, -0.25) is 4.79 Å². The lowest BCUT2D eigenvalue weighted by Gasteiger charge is -2.40. The number of hydrogen-bond acceptors (Lipinski definition) is 5. The molecule has 210 valence electrons. The van der Waals surface area contributed by atoms with Gasteiger partial charge >= 0.3 is 11.9 Å². The van der Waals surface area contributed by atoms with Gasteiger partial charge in [-0.05, 0) is 58.0 Å². The monoisotopic (exact) mass is 556 g/mol. The molecule has 0 aliphatic carbocycles. The molecule has 5 nitrogen and oxygen atoms in total. The summed E-state index contributed by atoms with van der Waals surface area (Å²) < 4.78 is 17.5. The first-order valence-corrected chi connectivity index (χ1v) is 14.2. The first-order valence-electron chi connectivity index (χ1n) is 14.2. The molecule has 6 rings (SSSR count). The molecule has 0 radical (unpaired) electrons. The number of ether oxygens (including phenoxy) is 3. The number of esters is 2. The van der Waals surface area contributed by atoms with Gasteiger partial charge in [0.1, 0.15) is 17.6 Å². The van der Waals surface area contributed by atoms with Crippen LogP contribution in [-0.4, -0.2) is 31.8 Å². The molecule has 0 unspecified atom stereocenters. The number of aryl methyl sites for hydroxylation is 1. The van der Waals surface area contributed by atoms with E-state index in [0.29, 0.717) is 18.4 Å². The molecule has 42 heavy (non-hydrogen) atoms. The van der Waals surface area contributed by atoms with E-state index in [-0.39, 0.29) is 30.6 Å². The molecule has 0 bridgehead atoms. The molecule has 0 amide bonds. The van der Waals surface area contributed by atoms with Crippen LogP contribution >= 0.6 is 0 Å². The maximum atomic E-state index is 12.8. The lowest BCUT2D eigenvalue weighted by atomic mass is 9.79. The molecule has 1 saturated heterocycles. The van der Waals surface area contributed by atoms with Crippen molar-refractivity contribution in [2.24, 2.45) is 5.92 Å². The van der Waals surface area contributed by atoms with Crippen molar-refractivity contribution in [1.82, 2.24) is 0 Å². The highest BCUT2D eigenvalue weighted by molar-refractivity contribution is 5.96. The molecule has 5 aromatic rings. The first-order chi connectivity index (χ1) is 20.6. The fraction of sp³-hybridized carbons (Fsp3) is 0.189. The van der Waals surface area contributed by atoms with Gasteiger partial charge in [-0.1, -0.05) is 115 Å². The summed E-state index contributed by atoms with van der Waals surface area (Å²) in [5, 5.41) is 2.04. The summed E-state index contributed by atoms with van der Waals surface area (Å²) in [5.41, 5.74) is 3.67. The van der Waals surface area contributed by atoms with Gasteiger partial charge in [-0.25, -0.2) is 4.79 Å². The predicted octanol–water partition coefficient (Wildman–Crippen LogP) is 7.11. The number of hydrogen-bond donors (Lipinski definition) is 0. The lowest BCUT2D eigenvalue weighted by Crippen LogP contribution is -2.49. The van der Waals surface area contributed by atoms with Crippen LogP contribution in [0.2, 0.25) is 0 Å². The Balaban J connectivity index is 1.26. The van der Waals surface area contributed by atoms with Gasteiger partial charge in [-0.2, -0.15) is 0 Å². The summed E-state index contributed by atoms with van der Waals surface area (Å²) in [6.45, 7) is 0.213. The summed E-state index contributed by atoms with van der Waals surface area (Å²) >= 11 is 0. The van der Waals surface area contributed by atoms with E-state index in [1.807, 2.05) is 78.9 Å². The Bertz CT molecular complexity index is 1580. The second kappa shape index (κ2) is 12.0. The van der Waals surface area contributed by atoms with Crippen molar-refractivity contribution in [2.75, 3.05) is 13.7 Å². The third-order valence-electron chi connectivity index (χ3n) is 8.13. The summed E-state index contributed by atoms with van der Waals surface area (Å²) in [4.78, 5) is 24.9. The Morgan fingerprint density at radius 1 is 0.762 bits per heavy atom. The van der Waals surface area contributed by atoms with E-state index in [1.165, 1.54) is 7.11 Å². The van der Waals surface area contributed by atoms with Gasteiger partial charge < -0.3 is 14.2 Å². The number of benzene rings is 5. The SMILES string of the molecule is COC(=O)c1ccc2cccc(CC[C@H]3OC(=O)[C@@H]3COC(c3ccccc3)(c3ccccc3)c3ccccc3)c2c1. The molecule has 1 fully saturated rings. The Morgan fingerprint density at radius 2 is 1.36 bits per heavy atom. The Labute approximate surface area is 245 Å². The minimum atomic E-state index is -0.899. The number of cyclic esters (lactones) is 1. The van der Waals surface area contributed by atoms with Crippen LogP contribution in [0.4, 0.5) is 0 Å². The zero-order valence-corrected chi connectivity index (χ0v) is 23.4. The molecule has 0 spiro atoms. The molecule has 0 aromatic heterocycles. The lowest BCUT2D eigenvalue weighted by molar-refractivity contribution is -0.194. The Morgan fingerprint density at radius 3 is 1.90 bits per heavy atom. The zero-order valence-electron chi connectivity index (χ0n) is 23.4. The molecule has 5 aromatic carbocycles. The number of methoxy groups -OCH3 is 1. The van der Waals surface area contributed by atoms with E-state index in [1.54, 1.807) is 6.07 Å². The Hall–Kier alpha value is -4.74. The Kier molecular flexibility index (Phi) is 7.85. The normalized spacial score (nSPS) is 16.5. The van der Waals surface area contributed by atoms with Crippen LogP contribution in [0.15, 0.2) is 127 Å². The van der Waals surface area contributed by atoms with Crippen LogP contribution in [0.3, 0.4) is 0 Å². The van der Waals surface area contributed by atoms with Crippen molar-refractivity contribution in [3.05, 3.63) is 155 Å². The van der Waals surface area contributed by atoms with E-state index >= 15 is 0 Å². The second-order valence-electron chi connectivity index (χ2n) is 10.6. The maximum Gasteiger partial charge on any atom is 0.337 e. The predicted molar refractivity (Wildman–Crippen MR) is 162 cm³/mol. The second-order valence-corrected chi connectivity index (χ2v) is 10.6. The first kappa shape index (κ1) is 27.4. The molecule has 2 atom stereocenters. The summed E-state index contributed by atoms with van der Waals surface area (Å²) in [5.74, 6) is -0.995. The van der Waals surface area contributed by atoms with Crippen LogP contribution in [0.1, 0.15) is 39.0 Å². The van der Waals surface area contributed by atoms with Crippen molar-refractivity contribution in [2.45, 2.75) is 24.5 Å². The quantitative estimate of drug-likeness (QED) is 0.136.